The van der Waals surface area contributed by atoms with Crippen molar-refractivity contribution in [2.75, 3.05) is 26.2 Å². The summed E-state index contributed by atoms with van der Waals surface area (Å²) in [6.45, 7) is 13.3. The van der Waals surface area contributed by atoms with E-state index in [0.29, 0.717) is 12.0 Å². The molecule has 1 saturated heterocycles. The smallest absolute Gasteiger partial charge is 0.105 e. The van der Waals surface area contributed by atoms with E-state index in [1.165, 1.54) is 18.5 Å². The standard InChI is InChI=1S/C15H26N2O/c1-11-9-16-6-5-7-17(10-11)13(3)15-8-12(2)18-14(15)4/h8,11,13,16H,5-7,9-10H2,1-4H3. The Hall–Kier alpha value is -0.800. The predicted molar refractivity (Wildman–Crippen MR) is 74.8 cm³/mol. The van der Waals surface area contributed by atoms with Crippen molar-refractivity contribution in [1.29, 1.82) is 0 Å². The Kier molecular flexibility index (Phi) is 4.46. The molecule has 3 nitrogen and oxygen atoms in total. The maximum atomic E-state index is 5.67. The van der Waals surface area contributed by atoms with Crippen molar-refractivity contribution < 1.29 is 4.42 Å². The van der Waals surface area contributed by atoms with Crippen molar-refractivity contribution in [3.05, 3.63) is 23.2 Å². The zero-order chi connectivity index (χ0) is 13.1. The normalized spacial score (nSPS) is 24.6. The number of nitrogens with one attached hydrogen (secondary N) is 1. The van der Waals surface area contributed by atoms with Gasteiger partial charge in [0.15, 0.2) is 0 Å². The van der Waals surface area contributed by atoms with Crippen molar-refractivity contribution in [2.24, 2.45) is 5.92 Å². The van der Waals surface area contributed by atoms with Crippen LogP contribution < -0.4 is 5.32 Å². The van der Waals surface area contributed by atoms with Gasteiger partial charge in [-0.3, -0.25) is 4.90 Å². The second-order valence-electron chi connectivity index (χ2n) is 5.70. The molecule has 2 heterocycles. The van der Waals surface area contributed by atoms with Gasteiger partial charge in [0.1, 0.15) is 11.5 Å². The maximum Gasteiger partial charge on any atom is 0.105 e. The molecule has 1 aromatic rings. The van der Waals surface area contributed by atoms with Crippen LogP contribution in [0.4, 0.5) is 0 Å². The molecule has 1 fully saturated rings. The largest absolute Gasteiger partial charge is 0.466 e. The lowest BCUT2D eigenvalue weighted by Crippen LogP contribution is -2.40. The summed E-state index contributed by atoms with van der Waals surface area (Å²) >= 11 is 0. The van der Waals surface area contributed by atoms with Gasteiger partial charge in [-0.25, -0.2) is 0 Å². The molecule has 0 amide bonds. The molecular formula is C15H26N2O. The SMILES string of the molecule is Cc1cc(C(C)N2CCCNCC(C)C2)c(C)o1. The summed E-state index contributed by atoms with van der Waals surface area (Å²) in [7, 11) is 0. The second-order valence-corrected chi connectivity index (χ2v) is 5.70. The summed E-state index contributed by atoms with van der Waals surface area (Å²) in [6.07, 6.45) is 1.23. The number of aryl methyl sites for hydroxylation is 2. The topological polar surface area (TPSA) is 28.4 Å². The van der Waals surface area contributed by atoms with Gasteiger partial charge in [-0.15, -0.1) is 0 Å². The van der Waals surface area contributed by atoms with Crippen LogP contribution in [-0.2, 0) is 0 Å². The summed E-state index contributed by atoms with van der Waals surface area (Å²) in [4.78, 5) is 2.60. The Morgan fingerprint density at radius 3 is 2.89 bits per heavy atom. The molecule has 0 aromatic carbocycles. The molecule has 0 bridgehead atoms. The third-order valence-corrected chi connectivity index (χ3v) is 3.92. The van der Waals surface area contributed by atoms with Crippen LogP contribution in [0.3, 0.4) is 0 Å². The molecule has 0 radical (unpaired) electrons. The third-order valence-electron chi connectivity index (χ3n) is 3.92. The lowest BCUT2D eigenvalue weighted by molar-refractivity contribution is 0.166. The molecule has 1 aliphatic heterocycles. The van der Waals surface area contributed by atoms with E-state index in [9.17, 15) is 0 Å². The highest BCUT2D eigenvalue weighted by molar-refractivity contribution is 5.23. The lowest BCUT2D eigenvalue weighted by Gasteiger charge is -2.33. The van der Waals surface area contributed by atoms with E-state index in [1.54, 1.807) is 0 Å². The molecule has 0 saturated carbocycles. The van der Waals surface area contributed by atoms with Gasteiger partial charge in [0, 0.05) is 18.2 Å². The quantitative estimate of drug-likeness (QED) is 0.875. The van der Waals surface area contributed by atoms with Crippen molar-refractivity contribution in [3.63, 3.8) is 0 Å². The average molecular weight is 250 g/mol. The third kappa shape index (κ3) is 3.15. The van der Waals surface area contributed by atoms with Gasteiger partial charge < -0.3 is 9.73 Å². The lowest BCUT2D eigenvalue weighted by atomic mass is 10.0. The van der Waals surface area contributed by atoms with Crippen LogP contribution in [0.15, 0.2) is 10.5 Å². The van der Waals surface area contributed by atoms with Crippen LogP contribution in [0.25, 0.3) is 0 Å². The van der Waals surface area contributed by atoms with Crippen molar-refractivity contribution in [3.8, 4) is 0 Å². The van der Waals surface area contributed by atoms with Crippen LogP contribution in [0.1, 0.15) is 43.4 Å². The van der Waals surface area contributed by atoms with Crippen LogP contribution in [0, 0.1) is 19.8 Å². The Morgan fingerprint density at radius 1 is 1.44 bits per heavy atom. The minimum Gasteiger partial charge on any atom is -0.466 e. The Morgan fingerprint density at radius 2 is 2.22 bits per heavy atom. The number of nitrogens with zero attached hydrogens (tertiary/aromatic N) is 1. The number of furan rings is 1. The Labute approximate surface area is 111 Å². The fraction of sp³-hybridized carbons (Fsp3) is 0.733. The highest BCUT2D eigenvalue weighted by atomic mass is 16.3. The van der Waals surface area contributed by atoms with E-state index in [0.717, 1.165) is 31.2 Å². The predicted octanol–water partition coefficient (Wildman–Crippen LogP) is 2.89. The molecule has 3 heteroatoms. The Balaban J connectivity index is 2.10. The van der Waals surface area contributed by atoms with Gasteiger partial charge in [0.25, 0.3) is 0 Å². The first kappa shape index (κ1) is 13.6. The monoisotopic (exact) mass is 250 g/mol. The van der Waals surface area contributed by atoms with Crippen molar-refractivity contribution in [1.82, 2.24) is 10.2 Å². The van der Waals surface area contributed by atoms with E-state index < -0.39 is 0 Å². The Bertz CT molecular complexity index is 386. The van der Waals surface area contributed by atoms with Gasteiger partial charge in [0.05, 0.1) is 0 Å². The van der Waals surface area contributed by atoms with Crippen molar-refractivity contribution in [2.45, 2.75) is 40.2 Å². The molecule has 1 aromatic heterocycles. The average Bonchev–Trinajstić information content (AvgIpc) is 2.62. The maximum absolute atomic E-state index is 5.67. The number of rotatable bonds is 2. The minimum absolute atomic E-state index is 0.461. The number of hydrogen-bond donors (Lipinski definition) is 1. The first-order chi connectivity index (χ1) is 8.58. The summed E-state index contributed by atoms with van der Waals surface area (Å²) < 4.78 is 5.67. The zero-order valence-electron chi connectivity index (χ0n) is 12.1. The highest BCUT2D eigenvalue weighted by Gasteiger charge is 2.22. The highest BCUT2D eigenvalue weighted by Crippen LogP contribution is 2.27. The fourth-order valence-corrected chi connectivity index (χ4v) is 2.93. The number of hydrogen-bond acceptors (Lipinski definition) is 3. The van der Waals surface area contributed by atoms with E-state index in [4.69, 9.17) is 4.42 Å². The van der Waals surface area contributed by atoms with E-state index in [2.05, 4.69) is 37.1 Å². The van der Waals surface area contributed by atoms with E-state index >= 15 is 0 Å². The molecular weight excluding hydrogens is 224 g/mol. The van der Waals surface area contributed by atoms with Gasteiger partial charge in [-0.2, -0.15) is 0 Å². The molecule has 2 rings (SSSR count). The summed E-state index contributed by atoms with van der Waals surface area (Å²) in [5, 5.41) is 3.51. The second kappa shape index (κ2) is 5.89. The minimum atomic E-state index is 0.461. The van der Waals surface area contributed by atoms with E-state index in [1.807, 2.05) is 6.92 Å². The summed E-state index contributed by atoms with van der Waals surface area (Å²) in [6, 6.07) is 2.66. The molecule has 1 N–H and O–H groups in total. The van der Waals surface area contributed by atoms with Gasteiger partial charge in [0.2, 0.25) is 0 Å². The van der Waals surface area contributed by atoms with E-state index in [-0.39, 0.29) is 0 Å². The zero-order valence-corrected chi connectivity index (χ0v) is 12.1. The van der Waals surface area contributed by atoms with Gasteiger partial charge in [-0.1, -0.05) is 6.92 Å². The molecule has 102 valence electrons. The molecule has 0 spiro atoms. The van der Waals surface area contributed by atoms with Gasteiger partial charge >= 0.3 is 0 Å². The van der Waals surface area contributed by atoms with Crippen LogP contribution in [-0.4, -0.2) is 31.1 Å². The van der Waals surface area contributed by atoms with Crippen LogP contribution in [0.5, 0.6) is 0 Å². The molecule has 0 aliphatic carbocycles. The van der Waals surface area contributed by atoms with Crippen LogP contribution >= 0.6 is 0 Å². The van der Waals surface area contributed by atoms with Gasteiger partial charge in [-0.05, 0) is 58.8 Å². The molecule has 1 aliphatic rings. The first-order valence-electron chi connectivity index (χ1n) is 7.09. The van der Waals surface area contributed by atoms with Crippen molar-refractivity contribution >= 4 is 0 Å². The summed E-state index contributed by atoms with van der Waals surface area (Å²) in [5.74, 6) is 2.81. The van der Waals surface area contributed by atoms with Crippen LogP contribution in [0.2, 0.25) is 0 Å². The first-order valence-corrected chi connectivity index (χ1v) is 7.09. The molecule has 18 heavy (non-hydrogen) atoms. The molecule has 2 unspecified atom stereocenters. The molecule has 2 atom stereocenters. The fourth-order valence-electron chi connectivity index (χ4n) is 2.93. The summed E-state index contributed by atoms with van der Waals surface area (Å²) in [5.41, 5.74) is 1.35.